The number of hydrogen-bond acceptors (Lipinski definition) is 4. The molecule has 9 heteroatoms. The van der Waals surface area contributed by atoms with E-state index in [1.807, 2.05) is 12.1 Å². The second-order valence-corrected chi connectivity index (χ2v) is 6.21. The largest absolute Gasteiger partial charge is 0.480 e. The van der Waals surface area contributed by atoms with Crippen molar-refractivity contribution in [2.45, 2.75) is 18.9 Å². The van der Waals surface area contributed by atoms with Gasteiger partial charge in [0.2, 0.25) is 0 Å². The standard InChI is InChI=1S/C15H18BrN5O3/c16-10-4-3-9-5-7-20(12(9)8-10)15(24)21(14(18)19)6-1-2-11(17)13(22)23/h3-5,7-8,11H,1-2,6,17H2,(H3,18,19)(H,22,23)/t11-/m0/s1. The molecule has 0 aliphatic rings. The Balaban J connectivity index is 2.17. The maximum absolute atomic E-state index is 12.7. The Morgan fingerprint density at radius 1 is 1.38 bits per heavy atom. The lowest BCUT2D eigenvalue weighted by Crippen LogP contribution is -2.44. The van der Waals surface area contributed by atoms with Gasteiger partial charge in [-0.3, -0.25) is 19.7 Å². The molecule has 1 aromatic carbocycles. The highest BCUT2D eigenvalue weighted by molar-refractivity contribution is 9.10. The molecule has 0 saturated heterocycles. The van der Waals surface area contributed by atoms with Gasteiger partial charge >= 0.3 is 12.0 Å². The molecular weight excluding hydrogens is 378 g/mol. The normalized spacial score (nSPS) is 12.1. The number of benzene rings is 1. The van der Waals surface area contributed by atoms with Crippen LogP contribution < -0.4 is 11.5 Å². The fraction of sp³-hybridized carbons (Fsp3) is 0.267. The predicted molar refractivity (Wildman–Crippen MR) is 93.9 cm³/mol. The van der Waals surface area contributed by atoms with Gasteiger partial charge in [-0.25, -0.2) is 4.79 Å². The van der Waals surface area contributed by atoms with Crippen LogP contribution in [0.25, 0.3) is 10.9 Å². The lowest BCUT2D eigenvalue weighted by molar-refractivity contribution is -0.138. The highest BCUT2D eigenvalue weighted by Gasteiger charge is 2.20. The number of carboxylic acids is 1. The van der Waals surface area contributed by atoms with Crippen LogP contribution in [0.1, 0.15) is 12.8 Å². The van der Waals surface area contributed by atoms with Crippen molar-refractivity contribution in [3.63, 3.8) is 0 Å². The van der Waals surface area contributed by atoms with Crippen LogP contribution in [0, 0.1) is 5.41 Å². The number of carboxylic acid groups (broad SMARTS) is 1. The number of rotatable bonds is 5. The fourth-order valence-electron chi connectivity index (χ4n) is 2.31. The van der Waals surface area contributed by atoms with E-state index < -0.39 is 24.0 Å². The number of carbonyl (C=O) groups is 2. The lowest BCUT2D eigenvalue weighted by atomic mass is 10.1. The van der Waals surface area contributed by atoms with Crippen LogP contribution in [0.2, 0.25) is 0 Å². The number of halogens is 1. The van der Waals surface area contributed by atoms with Crippen molar-refractivity contribution in [2.75, 3.05) is 6.54 Å². The summed E-state index contributed by atoms with van der Waals surface area (Å²) in [5.41, 5.74) is 11.6. The van der Waals surface area contributed by atoms with E-state index >= 15 is 0 Å². The Hall–Kier alpha value is -2.39. The molecule has 24 heavy (non-hydrogen) atoms. The molecule has 128 valence electrons. The number of aromatic nitrogens is 1. The van der Waals surface area contributed by atoms with Gasteiger partial charge in [-0.05, 0) is 31.0 Å². The predicted octanol–water partition coefficient (Wildman–Crippen LogP) is 1.76. The van der Waals surface area contributed by atoms with Gasteiger partial charge in [0.1, 0.15) is 6.04 Å². The molecule has 2 aromatic rings. The van der Waals surface area contributed by atoms with Gasteiger partial charge < -0.3 is 16.6 Å². The summed E-state index contributed by atoms with van der Waals surface area (Å²) < 4.78 is 2.23. The molecule has 1 aromatic heterocycles. The summed E-state index contributed by atoms with van der Waals surface area (Å²) >= 11 is 3.36. The molecule has 1 atom stereocenters. The smallest absolute Gasteiger partial charge is 0.335 e. The van der Waals surface area contributed by atoms with E-state index in [4.69, 9.17) is 22.0 Å². The summed E-state index contributed by atoms with van der Waals surface area (Å²) in [5.74, 6) is -1.50. The van der Waals surface area contributed by atoms with E-state index in [2.05, 4.69) is 15.9 Å². The van der Waals surface area contributed by atoms with Gasteiger partial charge in [0.05, 0.1) is 5.52 Å². The monoisotopic (exact) mass is 395 g/mol. The van der Waals surface area contributed by atoms with Crippen molar-refractivity contribution in [2.24, 2.45) is 11.5 Å². The Kier molecular flexibility index (Phi) is 5.58. The first-order chi connectivity index (χ1) is 11.3. The van der Waals surface area contributed by atoms with Gasteiger partial charge in [-0.1, -0.05) is 22.0 Å². The topological polar surface area (TPSA) is 138 Å². The van der Waals surface area contributed by atoms with Gasteiger partial charge in [-0.15, -0.1) is 0 Å². The molecular formula is C15H18BrN5O3. The number of aliphatic carboxylic acids is 1. The molecule has 0 bridgehead atoms. The summed E-state index contributed by atoms with van der Waals surface area (Å²) in [6, 6.07) is 5.85. The Morgan fingerprint density at radius 2 is 2.08 bits per heavy atom. The highest BCUT2D eigenvalue weighted by Crippen LogP contribution is 2.21. The average Bonchev–Trinajstić information content (AvgIpc) is 2.93. The number of hydrogen-bond donors (Lipinski definition) is 4. The van der Waals surface area contributed by atoms with Gasteiger partial charge in [-0.2, -0.15) is 0 Å². The summed E-state index contributed by atoms with van der Waals surface area (Å²) in [4.78, 5) is 24.5. The number of nitrogens with zero attached hydrogens (tertiary/aromatic N) is 2. The summed E-state index contributed by atoms with van der Waals surface area (Å²) in [5, 5.41) is 17.3. The Bertz CT molecular complexity index is 789. The first-order valence-corrected chi connectivity index (χ1v) is 8.01. The summed E-state index contributed by atoms with van der Waals surface area (Å²) in [6.45, 7) is 0.114. The first-order valence-electron chi connectivity index (χ1n) is 7.22. The zero-order chi connectivity index (χ0) is 17.9. The van der Waals surface area contributed by atoms with Gasteiger partial charge in [0, 0.05) is 22.6 Å². The molecule has 0 saturated carbocycles. The second kappa shape index (κ2) is 7.45. The SMILES string of the molecule is N=C(N)N(CCC[C@H](N)C(=O)O)C(=O)n1ccc2ccc(Br)cc21. The molecule has 0 spiro atoms. The molecule has 1 amide bonds. The zero-order valence-electron chi connectivity index (χ0n) is 12.8. The minimum Gasteiger partial charge on any atom is -0.480 e. The molecule has 1 heterocycles. The first kappa shape index (κ1) is 18.0. The van der Waals surface area contributed by atoms with Crippen molar-refractivity contribution < 1.29 is 14.7 Å². The number of nitrogens with one attached hydrogen (secondary N) is 1. The van der Waals surface area contributed by atoms with Crippen LogP contribution >= 0.6 is 15.9 Å². The molecule has 6 N–H and O–H groups in total. The Morgan fingerprint density at radius 3 is 2.71 bits per heavy atom. The molecule has 8 nitrogen and oxygen atoms in total. The van der Waals surface area contributed by atoms with E-state index in [1.54, 1.807) is 18.3 Å². The highest BCUT2D eigenvalue weighted by atomic mass is 79.9. The number of fused-ring (bicyclic) bond motifs is 1. The average molecular weight is 396 g/mol. The fourth-order valence-corrected chi connectivity index (χ4v) is 2.66. The third-order valence-electron chi connectivity index (χ3n) is 3.60. The maximum Gasteiger partial charge on any atom is 0.335 e. The lowest BCUT2D eigenvalue weighted by Gasteiger charge is -2.21. The number of nitrogens with two attached hydrogens (primary N) is 2. The molecule has 0 unspecified atom stereocenters. The number of amides is 1. The minimum atomic E-state index is -1.10. The van der Waals surface area contributed by atoms with Crippen LogP contribution in [0.15, 0.2) is 34.9 Å². The second-order valence-electron chi connectivity index (χ2n) is 5.30. The van der Waals surface area contributed by atoms with Crippen LogP contribution in [-0.2, 0) is 4.79 Å². The van der Waals surface area contributed by atoms with Crippen LogP contribution in [0.5, 0.6) is 0 Å². The Labute approximate surface area is 146 Å². The van der Waals surface area contributed by atoms with E-state index in [1.165, 1.54) is 4.57 Å². The third kappa shape index (κ3) is 3.92. The van der Waals surface area contributed by atoms with Gasteiger partial charge in [0.15, 0.2) is 5.96 Å². The third-order valence-corrected chi connectivity index (χ3v) is 4.09. The van der Waals surface area contributed by atoms with Crippen LogP contribution in [0.3, 0.4) is 0 Å². The summed E-state index contributed by atoms with van der Waals surface area (Å²) in [6.07, 6.45) is 2.12. The zero-order valence-corrected chi connectivity index (χ0v) is 14.4. The maximum atomic E-state index is 12.7. The van der Waals surface area contributed by atoms with E-state index in [9.17, 15) is 9.59 Å². The van der Waals surface area contributed by atoms with Crippen molar-refractivity contribution in [1.29, 1.82) is 5.41 Å². The van der Waals surface area contributed by atoms with Crippen molar-refractivity contribution in [1.82, 2.24) is 9.47 Å². The number of guanidine groups is 1. The van der Waals surface area contributed by atoms with Crippen molar-refractivity contribution >= 4 is 44.8 Å². The van der Waals surface area contributed by atoms with E-state index in [0.29, 0.717) is 11.9 Å². The van der Waals surface area contributed by atoms with Crippen molar-refractivity contribution in [3.05, 3.63) is 34.9 Å². The minimum absolute atomic E-state index is 0.114. The quantitative estimate of drug-likeness (QED) is 0.451. The molecule has 0 radical (unpaired) electrons. The van der Waals surface area contributed by atoms with Crippen LogP contribution in [0.4, 0.5) is 4.79 Å². The summed E-state index contributed by atoms with van der Waals surface area (Å²) in [7, 11) is 0. The van der Waals surface area contributed by atoms with E-state index in [0.717, 1.165) is 14.8 Å². The molecule has 2 rings (SSSR count). The van der Waals surface area contributed by atoms with Gasteiger partial charge in [0.25, 0.3) is 0 Å². The molecule has 0 aliphatic heterocycles. The van der Waals surface area contributed by atoms with Crippen molar-refractivity contribution in [3.8, 4) is 0 Å². The van der Waals surface area contributed by atoms with E-state index in [-0.39, 0.29) is 13.0 Å². The molecule has 0 fully saturated rings. The molecule has 0 aliphatic carbocycles. The van der Waals surface area contributed by atoms with Crippen LogP contribution in [-0.4, -0.2) is 45.1 Å². The number of carbonyl (C=O) groups excluding carboxylic acids is 1.